The minimum absolute atomic E-state index is 0.0961. The fourth-order valence-electron chi connectivity index (χ4n) is 2.43. The van der Waals surface area contributed by atoms with Gasteiger partial charge in [-0.3, -0.25) is 0 Å². The number of halogens is 2. The molecule has 1 rings (SSSR count). The minimum atomic E-state index is -0.402. The van der Waals surface area contributed by atoms with Crippen molar-refractivity contribution in [1.82, 2.24) is 0 Å². The summed E-state index contributed by atoms with van der Waals surface area (Å²) in [5.41, 5.74) is 6.54. The zero-order valence-electron chi connectivity index (χ0n) is 11.3. The predicted molar refractivity (Wildman–Crippen MR) is 71.3 cm³/mol. The normalized spacial score (nSPS) is 13.0. The number of benzene rings is 1. The molecule has 0 aliphatic rings. The van der Waals surface area contributed by atoms with Crippen LogP contribution >= 0.6 is 0 Å². The van der Waals surface area contributed by atoms with E-state index in [1.54, 1.807) is 0 Å². The second kappa shape index (κ2) is 7.47. The van der Waals surface area contributed by atoms with Gasteiger partial charge in [-0.1, -0.05) is 26.7 Å². The van der Waals surface area contributed by atoms with Gasteiger partial charge in [-0.25, -0.2) is 8.78 Å². The van der Waals surface area contributed by atoms with Crippen LogP contribution in [0, 0.1) is 17.6 Å². The standard InChI is InChI=1S/C15H23F2N/c1-3-5-11(6-4-2)15(18)10-12-9-13(16)7-8-14(12)17/h7-9,11,15H,3-6,10,18H2,1-2H3. The van der Waals surface area contributed by atoms with E-state index in [9.17, 15) is 8.78 Å². The van der Waals surface area contributed by atoms with Crippen molar-refractivity contribution in [2.45, 2.75) is 52.0 Å². The van der Waals surface area contributed by atoms with Crippen molar-refractivity contribution in [3.63, 3.8) is 0 Å². The maximum absolute atomic E-state index is 13.5. The number of hydrogen-bond donors (Lipinski definition) is 1. The third kappa shape index (κ3) is 4.37. The molecule has 18 heavy (non-hydrogen) atoms. The summed E-state index contributed by atoms with van der Waals surface area (Å²) in [7, 11) is 0. The minimum Gasteiger partial charge on any atom is -0.327 e. The van der Waals surface area contributed by atoms with Crippen LogP contribution in [0.1, 0.15) is 45.1 Å². The van der Waals surface area contributed by atoms with E-state index in [-0.39, 0.29) is 11.9 Å². The van der Waals surface area contributed by atoms with Crippen molar-refractivity contribution >= 4 is 0 Å². The van der Waals surface area contributed by atoms with Gasteiger partial charge in [0.15, 0.2) is 0 Å². The monoisotopic (exact) mass is 255 g/mol. The summed E-state index contributed by atoms with van der Waals surface area (Å²) >= 11 is 0. The van der Waals surface area contributed by atoms with Gasteiger partial charge in [0.2, 0.25) is 0 Å². The third-order valence-electron chi connectivity index (χ3n) is 3.39. The maximum Gasteiger partial charge on any atom is 0.126 e. The van der Waals surface area contributed by atoms with E-state index in [2.05, 4.69) is 13.8 Å². The van der Waals surface area contributed by atoms with Crippen LogP contribution in [0.25, 0.3) is 0 Å². The maximum atomic E-state index is 13.5. The fraction of sp³-hybridized carbons (Fsp3) is 0.600. The van der Waals surface area contributed by atoms with Crippen LogP contribution in [0.15, 0.2) is 18.2 Å². The fourth-order valence-corrected chi connectivity index (χ4v) is 2.43. The Balaban J connectivity index is 2.71. The predicted octanol–water partition coefficient (Wildman–Crippen LogP) is 4.05. The van der Waals surface area contributed by atoms with E-state index in [1.165, 1.54) is 12.1 Å². The van der Waals surface area contributed by atoms with Crippen molar-refractivity contribution in [2.24, 2.45) is 11.7 Å². The lowest BCUT2D eigenvalue weighted by molar-refractivity contribution is 0.357. The molecule has 1 aromatic rings. The summed E-state index contributed by atoms with van der Waals surface area (Å²) < 4.78 is 26.6. The molecular weight excluding hydrogens is 232 g/mol. The van der Waals surface area contributed by atoms with Crippen LogP contribution < -0.4 is 5.73 Å². The zero-order valence-corrected chi connectivity index (χ0v) is 11.3. The van der Waals surface area contributed by atoms with Gasteiger partial charge >= 0.3 is 0 Å². The quantitative estimate of drug-likeness (QED) is 0.781. The molecule has 0 aromatic heterocycles. The van der Waals surface area contributed by atoms with Crippen LogP contribution in [0.2, 0.25) is 0 Å². The first-order valence-electron chi connectivity index (χ1n) is 6.78. The summed E-state index contributed by atoms with van der Waals surface area (Å²) in [6.07, 6.45) is 4.65. The first-order chi connectivity index (χ1) is 8.58. The van der Waals surface area contributed by atoms with Gasteiger partial charge in [-0.2, -0.15) is 0 Å². The van der Waals surface area contributed by atoms with E-state index in [1.807, 2.05) is 0 Å². The van der Waals surface area contributed by atoms with E-state index >= 15 is 0 Å². The Kier molecular flexibility index (Phi) is 6.27. The molecule has 0 spiro atoms. The highest BCUT2D eigenvalue weighted by Crippen LogP contribution is 2.21. The molecule has 1 nitrogen and oxygen atoms in total. The van der Waals surface area contributed by atoms with Gasteiger partial charge in [0.1, 0.15) is 11.6 Å². The van der Waals surface area contributed by atoms with Crippen LogP contribution in [-0.2, 0) is 6.42 Å². The molecule has 2 N–H and O–H groups in total. The Morgan fingerprint density at radius 2 is 1.72 bits per heavy atom. The smallest absolute Gasteiger partial charge is 0.126 e. The summed E-state index contributed by atoms with van der Waals surface area (Å²) in [4.78, 5) is 0. The van der Waals surface area contributed by atoms with Gasteiger partial charge in [0, 0.05) is 6.04 Å². The van der Waals surface area contributed by atoms with Gasteiger partial charge in [0.05, 0.1) is 0 Å². The molecule has 0 amide bonds. The Morgan fingerprint density at radius 1 is 1.11 bits per heavy atom. The van der Waals surface area contributed by atoms with Crippen molar-refractivity contribution < 1.29 is 8.78 Å². The number of rotatable bonds is 7. The molecule has 0 radical (unpaired) electrons. The molecule has 1 aromatic carbocycles. The lowest BCUT2D eigenvalue weighted by Crippen LogP contribution is -2.32. The average molecular weight is 255 g/mol. The molecule has 0 bridgehead atoms. The van der Waals surface area contributed by atoms with Crippen LogP contribution in [-0.4, -0.2) is 6.04 Å². The third-order valence-corrected chi connectivity index (χ3v) is 3.39. The summed E-state index contributed by atoms with van der Waals surface area (Å²) in [5.74, 6) is -0.373. The molecule has 0 saturated heterocycles. The summed E-state index contributed by atoms with van der Waals surface area (Å²) in [5, 5.41) is 0. The van der Waals surface area contributed by atoms with Gasteiger partial charge < -0.3 is 5.73 Å². The molecule has 3 heteroatoms. The van der Waals surface area contributed by atoms with Crippen molar-refractivity contribution in [3.05, 3.63) is 35.4 Å². The zero-order chi connectivity index (χ0) is 13.5. The lowest BCUT2D eigenvalue weighted by Gasteiger charge is -2.23. The largest absolute Gasteiger partial charge is 0.327 e. The highest BCUT2D eigenvalue weighted by molar-refractivity contribution is 5.19. The van der Waals surface area contributed by atoms with Crippen LogP contribution in [0.5, 0.6) is 0 Å². The van der Waals surface area contributed by atoms with E-state index < -0.39 is 5.82 Å². The second-order valence-electron chi connectivity index (χ2n) is 4.94. The Morgan fingerprint density at radius 3 is 2.28 bits per heavy atom. The average Bonchev–Trinajstić information content (AvgIpc) is 2.33. The molecule has 0 aliphatic heterocycles. The molecule has 1 atom stereocenters. The Hall–Kier alpha value is -0.960. The highest BCUT2D eigenvalue weighted by Gasteiger charge is 2.18. The Labute approximate surface area is 108 Å². The highest BCUT2D eigenvalue weighted by atomic mass is 19.1. The summed E-state index contributed by atoms with van der Waals surface area (Å²) in [6.45, 7) is 4.25. The van der Waals surface area contributed by atoms with Crippen molar-refractivity contribution in [2.75, 3.05) is 0 Å². The molecule has 0 saturated carbocycles. The van der Waals surface area contributed by atoms with Gasteiger partial charge in [0.25, 0.3) is 0 Å². The topological polar surface area (TPSA) is 26.0 Å². The Bertz CT molecular complexity index is 360. The van der Waals surface area contributed by atoms with Crippen molar-refractivity contribution in [3.8, 4) is 0 Å². The summed E-state index contributed by atoms with van der Waals surface area (Å²) in [6, 6.07) is 3.47. The van der Waals surface area contributed by atoms with E-state index in [0.29, 0.717) is 17.9 Å². The van der Waals surface area contributed by atoms with E-state index in [0.717, 1.165) is 31.7 Å². The molecule has 1 unspecified atom stereocenters. The SMILES string of the molecule is CCCC(CCC)C(N)Cc1cc(F)ccc1F. The molecule has 0 heterocycles. The molecular formula is C15H23F2N. The molecule has 0 aliphatic carbocycles. The second-order valence-corrected chi connectivity index (χ2v) is 4.94. The first-order valence-corrected chi connectivity index (χ1v) is 6.78. The van der Waals surface area contributed by atoms with Crippen molar-refractivity contribution in [1.29, 1.82) is 0 Å². The van der Waals surface area contributed by atoms with Crippen LogP contribution in [0.3, 0.4) is 0 Å². The lowest BCUT2D eigenvalue weighted by atomic mass is 9.87. The molecule has 0 fully saturated rings. The first kappa shape index (κ1) is 15.1. The van der Waals surface area contributed by atoms with Gasteiger partial charge in [-0.05, 0) is 48.9 Å². The van der Waals surface area contributed by atoms with E-state index in [4.69, 9.17) is 5.73 Å². The number of nitrogens with two attached hydrogens (primary N) is 1. The number of hydrogen-bond acceptors (Lipinski definition) is 1. The van der Waals surface area contributed by atoms with Crippen LogP contribution in [0.4, 0.5) is 8.78 Å². The molecule has 102 valence electrons. The van der Waals surface area contributed by atoms with Gasteiger partial charge in [-0.15, -0.1) is 0 Å².